The summed E-state index contributed by atoms with van der Waals surface area (Å²) in [4.78, 5) is 14.0. The van der Waals surface area contributed by atoms with Crippen LogP contribution in [0.2, 0.25) is 5.02 Å². The normalized spacial score (nSPS) is 16.0. The van der Waals surface area contributed by atoms with E-state index in [-0.39, 0.29) is 5.91 Å². The van der Waals surface area contributed by atoms with Crippen LogP contribution in [0.3, 0.4) is 0 Å². The molecule has 4 nitrogen and oxygen atoms in total. The fourth-order valence-electron chi connectivity index (χ4n) is 3.14. The van der Waals surface area contributed by atoms with E-state index in [1.807, 2.05) is 48.2 Å². The number of likely N-dealkylation sites (tertiary alicyclic amines) is 1. The number of aromatic nitrogens is 2. The first-order valence-corrected chi connectivity index (χ1v) is 8.76. The number of piperidine rings is 1. The zero-order valence-electron chi connectivity index (χ0n) is 13.8. The van der Waals surface area contributed by atoms with Gasteiger partial charge in [0.1, 0.15) is 0 Å². The molecular formula is C19H22ClN3O. The fraction of sp³-hybridized carbons (Fsp3) is 0.368. The molecule has 0 saturated carbocycles. The summed E-state index contributed by atoms with van der Waals surface area (Å²) in [7, 11) is 0. The number of halogens is 1. The highest BCUT2D eigenvalue weighted by Gasteiger charge is 2.24. The largest absolute Gasteiger partial charge is 0.342 e. The van der Waals surface area contributed by atoms with Gasteiger partial charge < -0.3 is 4.90 Å². The molecular weight excluding hydrogens is 322 g/mol. The Kier molecular flexibility index (Phi) is 5.36. The van der Waals surface area contributed by atoms with Crippen LogP contribution < -0.4 is 0 Å². The first-order valence-electron chi connectivity index (χ1n) is 8.38. The van der Waals surface area contributed by atoms with Crippen molar-refractivity contribution >= 4 is 17.5 Å². The Bertz CT molecular complexity index is 730. The third-order valence-corrected chi connectivity index (χ3v) is 4.89. The van der Waals surface area contributed by atoms with Crippen molar-refractivity contribution in [2.45, 2.75) is 32.1 Å². The number of hydrogen-bond acceptors (Lipinski definition) is 2. The summed E-state index contributed by atoms with van der Waals surface area (Å²) in [6, 6.07) is 9.82. The first kappa shape index (κ1) is 16.8. The van der Waals surface area contributed by atoms with Gasteiger partial charge in [-0.1, -0.05) is 42.0 Å². The van der Waals surface area contributed by atoms with Crippen LogP contribution in [0, 0.1) is 0 Å². The Morgan fingerprint density at radius 1 is 1.38 bits per heavy atom. The van der Waals surface area contributed by atoms with Crippen LogP contribution in [0.5, 0.6) is 0 Å². The van der Waals surface area contributed by atoms with Gasteiger partial charge in [0.05, 0.1) is 10.7 Å². The lowest BCUT2D eigenvalue weighted by atomic mass is 9.93. The maximum absolute atomic E-state index is 12.1. The molecule has 0 bridgehead atoms. The third kappa shape index (κ3) is 3.70. The van der Waals surface area contributed by atoms with Gasteiger partial charge in [-0.15, -0.1) is 0 Å². The molecule has 1 amide bonds. The van der Waals surface area contributed by atoms with Crippen LogP contribution in [-0.4, -0.2) is 34.1 Å². The second kappa shape index (κ2) is 7.67. The maximum atomic E-state index is 12.1. The average molecular weight is 344 g/mol. The van der Waals surface area contributed by atoms with Crippen molar-refractivity contribution in [1.29, 1.82) is 0 Å². The molecule has 126 valence electrons. The van der Waals surface area contributed by atoms with E-state index in [0.29, 0.717) is 17.4 Å². The maximum Gasteiger partial charge on any atom is 0.226 e. The lowest BCUT2D eigenvalue weighted by Crippen LogP contribution is -2.37. The number of nitrogens with one attached hydrogen (secondary N) is 1. The van der Waals surface area contributed by atoms with Gasteiger partial charge in [0.15, 0.2) is 0 Å². The highest BCUT2D eigenvalue weighted by molar-refractivity contribution is 6.33. The van der Waals surface area contributed by atoms with Gasteiger partial charge >= 0.3 is 0 Å². The van der Waals surface area contributed by atoms with Crippen molar-refractivity contribution in [2.24, 2.45) is 0 Å². The van der Waals surface area contributed by atoms with E-state index in [1.165, 1.54) is 0 Å². The molecule has 1 aromatic carbocycles. The zero-order chi connectivity index (χ0) is 16.9. The molecule has 2 aromatic rings. The van der Waals surface area contributed by atoms with Gasteiger partial charge in [0, 0.05) is 36.7 Å². The van der Waals surface area contributed by atoms with Gasteiger partial charge in [0.25, 0.3) is 0 Å². The summed E-state index contributed by atoms with van der Waals surface area (Å²) >= 11 is 6.25. The van der Waals surface area contributed by atoms with Gasteiger partial charge in [-0.2, -0.15) is 5.10 Å². The molecule has 1 fully saturated rings. The van der Waals surface area contributed by atoms with E-state index in [0.717, 1.165) is 42.9 Å². The number of carbonyl (C=O) groups is 1. The lowest BCUT2D eigenvalue weighted by Gasteiger charge is -2.31. The Morgan fingerprint density at radius 2 is 2.12 bits per heavy atom. The SMILES string of the molecule is CC=CCC(=O)N1CCC(c2cc(-c3ccccc3Cl)n[nH]2)CC1. The number of H-pyrrole nitrogens is 1. The number of nitrogens with zero attached hydrogens (tertiary/aromatic N) is 2. The zero-order valence-corrected chi connectivity index (χ0v) is 14.6. The van der Waals surface area contributed by atoms with Crippen molar-refractivity contribution in [2.75, 3.05) is 13.1 Å². The monoisotopic (exact) mass is 343 g/mol. The molecule has 0 atom stereocenters. The van der Waals surface area contributed by atoms with Crippen LogP contribution in [0.25, 0.3) is 11.3 Å². The first-order chi connectivity index (χ1) is 11.7. The van der Waals surface area contributed by atoms with Crippen LogP contribution in [-0.2, 0) is 4.79 Å². The summed E-state index contributed by atoms with van der Waals surface area (Å²) < 4.78 is 0. The van der Waals surface area contributed by atoms with E-state index in [9.17, 15) is 4.79 Å². The molecule has 1 N–H and O–H groups in total. The number of rotatable bonds is 4. The number of allylic oxidation sites excluding steroid dienone is 1. The van der Waals surface area contributed by atoms with E-state index < -0.39 is 0 Å². The van der Waals surface area contributed by atoms with Crippen molar-refractivity contribution in [3.05, 3.63) is 53.2 Å². The number of carbonyl (C=O) groups excluding carboxylic acids is 1. The predicted molar refractivity (Wildman–Crippen MR) is 97.0 cm³/mol. The summed E-state index contributed by atoms with van der Waals surface area (Å²) in [6.07, 6.45) is 6.27. The van der Waals surface area contributed by atoms with Crippen molar-refractivity contribution in [3.8, 4) is 11.3 Å². The smallest absolute Gasteiger partial charge is 0.226 e. The molecule has 0 unspecified atom stereocenters. The lowest BCUT2D eigenvalue weighted by molar-refractivity contribution is -0.131. The molecule has 2 heterocycles. The second-order valence-corrected chi connectivity index (χ2v) is 6.52. The average Bonchev–Trinajstić information content (AvgIpc) is 3.10. The van der Waals surface area contributed by atoms with Crippen molar-refractivity contribution < 1.29 is 4.79 Å². The molecule has 0 spiro atoms. The van der Waals surface area contributed by atoms with E-state index >= 15 is 0 Å². The molecule has 1 aromatic heterocycles. The van der Waals surface area contributed by atoms with Gasteiger partial charge in [-0.25, -0.2) is 0 Å². The second-order valence-electron chi connectivity index (χ2n) is 6.12. The Hall–Kier alpha value is -2.07. The summed E-state index contributed by atoms with van der Waals surface area (Å²) in [5, 5.41) is 8.28. The van der Waals surface area contributed by atoms with Crippen LogP contribution in [0.4, 0.5) is 0 Å². The molecule has 1 aliphatic heterocycles. The summed E-state index contributed by atoms with van der Waals surface area (Å²) in [5.74, 6) is 0.632. The van der Waals surface area contributed by atoms with Crippen molar-refractivity contribution in [3.63, 3.8) is 0 Å². The molecule has 0 radical (unpaired) electrons. The number of amides is 1. The van der Waals surface area contributed by atoms with Gasteiger partial charge in [-0.3, -0.25) is 9.89 Å². The van der Waals surface area contributed by atoms with Crippen LogP contribution in [0.1, 0.15) is 37.8 Å². The van der Waals surface area contributed by atoms with E-state index in [2.05, 4.69) is 16.3 Å². The third-order valence-electron chi connectivity index (χ3n) is 4.56. The van der Waals surface area contributed by atoms with Gasteiger partial charge in [0.2, 0.25) is 5.91 Å². The Balaban J connectivity index is 1.63. The van der Waals surface area contributed by atoms with E-state index in [1.54, 1.807) is 0 Å². The highest BCUT2D eigenvalue weighted by atomic mass is 35.5. The van der Waals surface area contributed by atoms with Crippen molar-refractivity contribution in [1.82, 2.24) is 15.1 Å². The van der Waals surface area contributed by atoms with Crippen LogP contribution in [0.15, 0.2) is 42.5 Å². The standard InChI is InChI=1S/C19H22ClN3O/c1-2-3-8-19(24)23-11-9-14(10-12-23)17-13-18(22-21-17)15-6-4-5-7-16(15)20/h2-7,13-14H,8-12H2,1H3,(H,21,22). The van der Waals surface area contributed by atoms with E-state index in [4.69, 9.17) is 11.6 Å². The molecule has 1 aliphatic rings. The topological polar surface area (TPSA) is 49.0 Å². The fourth-order valence-corrected chi connectivity index (χ4v) is 3.37. The minimum atomic E-state index is 0.216. The number of benzene rings is 1. The van der Waals surface area contributed by atoms with Gasteiger partial charge in [-0.05, 0) is 31.9 Å². The molecule has 24 heavy (non-hydrogen) atoms. The molecule has 5 heteroatoms. The predicted octanol–water partition coefficient (Wildman–Crippen LogP) is 4.40. The number of hydrogen-bond donors (Lipinski definition) is 1. The minimum absolute atomic E-state index is 0.216. The quantitative estimate of drug-likeness (QED) is 0.836. The molecule has 3 rings (SSSR count). The highest BCUT2D eigenvalue weighted by Crippen LogP contribution is 2.31. The number of aromatic amines is 1. The minimum Gasteiger partial charge on any atom is -0.342 e. The summed E-state index contributed by atoms with van der Waals surface area (Å²) in [5.41, 5.74) is 2.95. The Labute approximate surface area is 147 Å². The Morgan fingerprint density at radius 3 is 2.83 bits per heavy atom. The molecule has 0 aliphatic carbocycles. The van der Waals surface area contributed by atoms with Crippen LogP contribution >= 0.6 is 11.6 Å². The molecule has 1 saturated heterocycles. The summed E-state index contributed by atoms with van der Waals surface area (Å²) in [6.45, 7) is 3.55.